The monoisotopic (exact) mass is 271 g/mol. The summed E-state index contributed by atoms with van der Waals surface area (Å²) < 4.78 is 5.16. The predicted octanol–water partition coefficient (Wildman–Crippen LogP) is 1.94. The molecule has 0 saturated heterocycles. The van der Waals surface area contributed by atoms with Gasteiger partial charge in [-0.2, -0.15) is 0 Å². The van der Waals surface area contributed by atoms with Gasteiger partial charge in [-0.05, 0) is 32.0 Å². The highest BCUT2D eigenvalue weighted by Crippen LogP contribution is 2.22. The molecule has 0 spiro atoms. The normalized spacial score (nSPS) is 10.2. The van der Waals surface area contributed by atoms with Crippen LogP contribution in [0.25, 0.3) is 0 Å². The number of benzene rings is 1. The van der Waals surface area contributed by atoms with Gasteiger partial charge in [-0.3, -0.25) is 4.79 Å². The molecule has 0 fully saturated rings. The fourth-order valence-electron chi connectivity index (χ4n) is 1.30. The maximum atomic E-state index is 11.4. The van der Waals surface area contributed by atoms with Gasteiger partial charge in [0.15, 0.2) is 6.61 Å². The van der Waals surface area contributed by atoms with Crippen LogP contribution in [0.1, 0.15) is 24.2 Å². The highest BCUT2D eigenvalue weighted by molar-refractivity contribution is 6.31. The summed E-state index contributed by atoms with van der Waals surface area (Å²) in [5.74, 6) is -1.35. The van der Waals surface area contributed by atoms with E-state index in [1.165, 1.54) is 18.2 Å². The van der Waals surface area contributed by atoms with Gasteiger partial charge in [0.05, 0.1) is 0 Å². The molecule has 0 radical (unpaired) electrons. The minimum Gasteiger partial charge on any atom is -0.483 e. The molecule has 0 bridgehead atoms. The Morgan fingerprint density at radius 1 is 1.44 bits per heavy atom. The lowest BCUT2D eigenvalue weighted by molar-refractivity contribution is -0.123. The fraction of sp³-hybridized carbons (Fsp3) is 0.333. The molecule has 0 aliphatic rings. The van der Waals surface area contributed by atoms with Gasteiger partial charge >= 0.3 is 5.97 Å². The van der Waals surface area contributed by atoms with Gasteiger partial charge in [-0.15, -0.1) is 0 Å². The number of hydrogen-bond donors (Lipinski definition) is 2. The molecule has 18 heavy (non-hydrogen) atoms. The first-order valence-corrected chi connectivity index (χ1v) is 5.73. The number of carboxylic acids is 1. The summed E-state index contributed by atoms with van der Waals surface area (Å²) in [7, 11) is 0. The zero-order chi connectivity index (χ0) is 13.7. The summed E-state index contributed by atoms with van der Waals surface area (Å²) in [6, 6.07) is 4.21. The average molecular weight is 272 g/mol. The van der Waals surface area contributed by atoms with Crippen molar-refractivity contribution in [2.24, 2.45) is 0 Å². The topological polar surface area (TPSA) is 75.6 Å². The predicted molar refractivity (Wildman–Crippen MR) is 67.2 cm³/mol. The number of halogens is 1. The molecule has 1 aromatic carbocycles. The lowest BCUT2D eigenvalue weighted by atomic mass is 10.2. The van der Waals surface area contributed by atoms with Crippen LogP contribution < -0.4 is 10.1 Å². The van der Waals surface area contributed by atoms with Crippen LogP contribution in [0.4, 0.5) is 0 Å². The first kappa shape index (κ1) is 14.3. The van der Waals surface area contributed by atoms with Gasteiger partial charge in [0.25, 0.3) is 5.91 Å². The Hall–Kier alpha value is -1.75. The molecule has 0 atom stereocenters. The van der Waals surface area contributed by atoms with Crippen LogP contribution in [0.3, 0.4) is 0 Å². The molecule has 1 amide bonds. The van der Waals surface area contributed by atoms with E-state index in [2.05, 4.69) is 5.32 Å². The lowest BCUT2D eigenvalue weighted by Crippen LogP contribution is -2.34. The zero-order valence-electron chi connectivity index (χ0n) is 10.1. The molecular weight excluding hydrogens is 258 g/mol. The molecule has 1 rings (SSSR count). The first-order valence-electron chi connectivity index (χ1n) is 5.35. The number of hydrogen-bond acceptors (Lipinski definition) is 3. The summed E-state index contributed by atoms with van der Waals surface area (Å²) in [6.07, 6.45) is 0. The number of amides is 1. The third kappa shape index (κ3) is 4.25. The van der Waals surface area contributed by atoms with Gasteiger partial charge < -0.3 is 15.2 Å². The maximum absolute atomic E-state index is 11.4. The molecule has 6 heteroatoms. The van der Waals surface area contributed by atoms with Crippen molar-refractivity contribution in [3.05, 3.63) is 28.8 Å². The second-order valence-electron chi connectivity index (χ2n) is 3.96. The van der Waals surface area contributed by atoms with Crippen LogP contribution in [0, 0.1) is 0 Å². The van der Waals surface area contributed by atoms with E-state index < -0.39 is 5.97 Å². The van der Waals surface area contributed by atoms with Crippen molar-refractivity contribution in [3.8, 4) is 5.75 Å². The quantitative estimate of drug-likeness (QED) is 0.858. The Kier molecular flexibility index (Phi) is 4.97. The van der Waals surface area contributed by atoms with E-state index in [1.807, 2.05) is 13.8 Å². The third-order valence-electron chi connectivity index (χ3n) is 1.98. The molecule has 0 heterocycles. The second-order valence-corrected chi connectivity index (χ2v) is 4.39. The van der Waals surface area contributed by atoms with E-state index >= 15 is 0 Å². The van der Waals surface area contributed by atoms with Gasteiger partial charge in [-0.25, -0.2) is 4.79 Å². The Morgan fingerprint density at radius 3 is 2.67 bits per heavy atom. The van der Waals surface area contributed by atoms with Crippen LogP contribution in [0.2, 0.25) is 5.02 Å². The number of carbonyl (C=O) groups is 2. The summed E-state index contributed by atoms with van der Waals surface area (Å²) in [6.45, 7) is 3.41. The van der Waals surface area contributed by atoms with Gasteiger partial charge in [-0.1, -0.05) is 11.6 Å². The van der Waals surface area contributed by atoms with Crippen LogP contribution >= 0.6 is 11.6 Å². The minimum atomic E-state index is -1.16. The van der Waals surface area contributed by atoms with E-state index in [1.54, 1.807) is 0 Å². The van der Waals surface area contributed by atoms with Crippen LogP contribution in [0.15, 0.2) is 18.2 Å². The Balaban J connectivity index is 2.73. The van der Waals surface area contributed by atoms with Crippen molar-refractivity contribution in [1.29, 1.82) is 0 Å². The first-order chi connectivity index (χ1) is 8.40. The minimum absolute atomic E-state index is 0.00487. The SMILES string of the molecule is CC(C)NC(=O)COc1ccc(Cl)cc1C(=O)O. The molecule has 1 aromatic rings. The van der Waals surface area contributed by atoms with Crippen LogP contribution in [0.5, 0.6) is 5.75 Å². The molecule has 0 aliphatic carbocycles. The van der Waals surface area contributed by atoms with Crippen LogP contribution in [-0.2, 0) is 4.79 Å². The average Bonchev–Trinajstić information content (AvgIpc) is 2.26. The van der Waals surface area contributed by atoms with Crippen molar-refractivity contribution >= 4 is 23.5 Å². The Morgan fingerprint density at radius 2 is 2.11 bits per heavy atom. The largest absolute Gasteiger partial charge is 0.483 e. The van der Waals surface area contributed by atoms with E-state index in [4.69, 9.17) is 21.4 Å². The zero-order valence-corrected chi connectivity index (χ0v) is 10.8. The number of carboxylic acid groups (broad SMARTS) is 1. The molecule has 2 N–H and O–H groups in total. The number of nitrogens with one attached hydrogen (secondary N) is 1. The number of rotatable bonds is 5. The van der Waals surface area contributed by atoms with E-state index in [-0.39, 0.29) is 29.9 Å². The molecule has 0 aromatic heterocycles. The highest BCUT2D eigenvalue weighted by atomic mass is 35.5. The molecule has 0 saturated carbocycles. The maximum Gasteiger partial charge on any atom is 0.339 e. The van der Waals surface area contributed by atoms with Crippen LogP contribution in [-0.4, -0.2) is 29.6 Å². The summed E-state index contributed by atoms with van der Waals surface area (Å²) >= 11 is 5.69. The Labute approximate surface area is 110 Å². The summed E-state index contributed by atoms with van der Waals surface area (Å²) in [4.78, 5) is 22.3. The van der Waals surface area contributed by atoms with Gasteiger partial charge in [0.1, 0.15) is 11.3 Å². The number of aromatic carboxylic acids is 1. The summed E-state index contributed by atoms with van der Waals surface area (Å²) in [5.41, 5.74) is -0.0696. The third-order valence-corrected chi connectivity index (χ3v) is 2.22. The molecule has 98 valence electrons. The van der Waals surface area contributed by atoms with Crippen molar-refractivity contribution in [2.45, 2.75) is 19.9 Å². The van der Waals surface area contributed by atoms with E-state index in [0.29, 0.717) is 5.02 Å². The number of carbonyl (C=O) groups excluding carboxylic acids is 1. The van der Waals surface area contributed by atoms with Crippen molar-refractivity contribution in [3.63, 3.8) is 0 Å². The Bertz CT molecular complexity index is 459. The standard InChI is InChI=1S/C12H14ClNO4/c1-7(2)14-11(15)6-18-10-4-3-8(13)5-9(10)12(16)17/h3-5,7H,6H2,1-2H3,(H,14,15)(H,16,17). The molecule has 5 nitrogen and oxygen atoms in total. The molecular formula is C12H14ClNO4. The van der Waals surface area contributed by atoms with Gasteiger partial charge in [0.2, 0.25) is 0 Å². The van der Waals surface area contributed by atoms with Crippen molar-refractivity contribution < 1.29 is 19.4 Å². The second kappa shape index (κ2) is 6.26. The summed E-state index contributed by atoms with van der Waals surface area (Å²) in [5, 5.41) is 11.9. The fourth-order valence-corrected chi connectivity index (χ4v) is 1.47. The lowest BCUT2D eigenvalue weighted by Gasteiger charge is -2.11. The van der Waals surface area contributed by atoms with Crippen molar-refractivity contribution in [1.82, 2.24) is 5.32 Å². The van der Waals surface area contributed by atoms with Gasteiger partial charge in [0, 0.05) is 11.1 Å². The molecule has 0 aliphatic heterocycles. The number of ether oxygens (including phenoxy) is 1. The van der Waals surface area contributed by atoms with E-state index in [9.17, 15) is 9.59 Å². The van der Waals surface area contributed by atoms with E-state index in [0.717, 1.165) is 0 Å². The molecule has 0 unspecified atom stereocenters. The van der Waals surface area contributed by atoms with Crippen molar-refractivity contribution in [2.75, 3.05) is 6.61 Å². The smallest absolute Gasteiger partial charge is 0.339 e. The highest BCUT2D eigenvalue weighted by Gasteiger charge is 2.13.